The van der Waals surface area contributed by atoms with Crippen LogP contribution in [-0.4, -0.2) is 48.2 Å². The number of unbranched alkanes of at least 4 members (excludes halogenated alkanes) is 4. The third-order valence-electron chi connectivity index (χ3n) is 8.17. The van der Waals surface area contributed by atoms with Gasteiger partial charge >= 0.3 is 35.6 Å². The van der Waals surface area contributed by atoms with Crippen molar-refractivity contribution in [1.29, 1.82) is 0 Å². The number of hydrogen-bond donors (Lipinski definition) is 1. The number of benzene rings is 2. The molecule has 0 bridgehead atoms. The minimum atomic E-state index is -1.52. The van der Waals surface area contributed by atoms with Gasteiger partial charge in [0.1, 0.15) is 23.7 Å². The van der Waals surface area contributed by atoms with Crippen molar-refractivity contribution >= 4 is 12.0 Å². The predicted octanol–water partition coefficient (Wildman–Crippen LogP) is 3.64. The molecule has 3 rings (SSSR count). The Morgan fingerprint density at radius 3 is 2.16 bits per heavy atom. The monoisotopic (exact) mass is 602 g/mol. The Morgan fingerprint density at radius 1 is 0.930 bits per heavy atom. The minimum absolute atomic E-state index is 0. The van der Waals surface area contributed by atoms with Gasteiger partial charge in [-0.25, -0.2) is 4.79 Å². The number of nitrogens with one attached hydrogen (secondary N) is 1. The summed E-state index contributed by atoms with van der Waals surface area (Å²) in [6, 6.07) is 15.2. The van der Waals surface area contributed by atoms with Crippen molar-refractivity contribution in [2.75, 3.05) is 19.7 Å². The fraction of sp³-hybridized carbons (Fsp3) is 0.600. The van der Waals surface area contributed by atoms with Gasteiger partial charge in [-0.1, -0.05) is 90.0 Å². The number of urea groups is 1. The number of hydrogen-bond acceptors (Lipinski definition) is 5. The summed E-state index contributed by atoms with van der Waals surface area (Å²) in [5.74, 6) is 0.282. The molecule has 0 spiro atoms. The first-order valence-corrected chi connectivity index (χ1v) is 16.0. The summed E-state index contributed by atoms with van der Waals surface area (Å²) in [6.45, 7) is 9.59. The minimum Gasteiger partial charge on any atom is -0.546 e. The Labute approximate surface area is 281 Å². The van der Waals surface area contributed by atoms with Crippen LogP contribution in [-0.2, 0) is 11.2 Å². The van der Waals surface area contributed by atoms with Crippen molar-refractivity contribution in [3.05, 3.63) is 59.7 Å². The number of rotatable bonds is 17. The molecular weight excluding hydrogens is 551 g/mol. The summed E-state index contributed by atoms with van der Waals surface area (Å²) in [5.41, 5.74) is 0.437. The van der Waals surface area contributed by atoms with Crippen molar-refractivity contribution in [3.8, 4) is 11.5 Å². The van der Waals surface area contributed by atoms with Gasteiger partial charge in [-0.2, -0.15) is 0 Å². The molecule has 1 atom stereocenters. The second-order valence-electron chi connectivity index (χ2n) is 12.2. The van der Waals surface area contributed by atoms with Crippen molar-refractivity contribution in [3.63, 3.8) is 0 Å². The predicted molar refractivity (Wildman–Crippen MR) is 166 cm³/mol. The van der Waals surface area contributed by atoms with E-state index < -0.39 is 11.6 Å². The average molecular weight is 603 g/mol. The molecular formula is C35H51N2NaO5. The smallest absolute Gasteiger partial charge is 0.546 e. The molecule has 2 aromatic carbocycles. The Bertz CT molecular complexity index is 1090. The summed E-state index contributed by atoms with van der Waals surface area (Å²) >= 11 is 0. The first-order chi connectivity index (χ1) is 20.2. The average Bonchev–Trinajstić information content (AvgIpc) is 2.97. The molecule has 1 aliphatic carbocycles. The number of carboxylic acids is 1. The Hall–Kier alpha value is -2.22. The van der Waals surface area contributed by atoms with Gasteiger partial charge in [0.15, 0.2) is 0 Å². The summed E-state index contributed by atoms with van der Waals surface area (Å²) in [4.78, 5) is 27.1. The molecule has 1 aliphatic rings. The maximum Gasteiger partial charge on any atom is 1.00 e. The molecule has 0 saturated heterocycles. The van der Waals surface area contributed by atoms with E-state index in [1.165, 1.54) is 45.4 Å². The van der Waals surface area contributed by atoms with E-state index in [-0.39, 0.29) is 48.1 Å². The summed E-state index contributed by atoms with van der Waals surface area (Å²) in [5, 5.41) is 15.3. The van der Waals surface area contributed by atoms with Crippen LogP contribution in [0.2, 0.25) is 0 Å². The molecule has 0 radical (unpaired) electrons. The Morgan fingerprint density at radius 2 is 1.56 bits per heavy atom. The van der Waals surface area contributed by atoms with Crippen LogP contribution in [0.15, 0.2) is 48.5 Å². The third kappa shape index (κ3) is 12.7. The molecule has 1 unspecified atom stereocenters. The van der Waals surface area contributed by atoms with Crippen molar-refractivity contribution in [2.24, 2.45) is 0 Å². The molecule has 7 nitrogen and oxygen atoms in total. The van der Waals surface area contributed by atoms with Crippen LogP contribution >= 0.6 is 0 Å². The van der Waals surface area contributed by atoms with Gasteiger partial charge in [-0.15, -0.1) is 0 Å². The van der Waals surface area contributed by atoms with E-state index in [2.05, 4.69) is 26.1 Å². The molecule has 232 valence electrons. The molecule has 0 aliphatic heterocycles. The molecule has 1 N–H and O–H groups in total. The number of carboxylic acid groups (broad SMARTS) is 1. The van der Waals surface area contributed by atoms with Crippen molar-refractivity contribution < 1.29 is 53.7 Å². The van der Waals surface area contributed by atoms with Crippen LogP contribution in [0.3, 0.4) is 0 Å². The van der Waals surface area contributed by atoms with Crippen LogP contribution in [0, 0.1) is 0 Å². The van der Waals surface area contributed by atoms with E-state index in [1.807, 2.05) is 41.3 Å². The van der Waals surface area contributed by atoms with E-state index in [1.54, 1.807) is 12.1 Å². The Kier molecular flexibility index (Phi) is 16.5. The second-order valence-corrected chi connectivity index (χ2v) is 12.2. The zero-order valence-corrected chi connectivity index (χ0v) is 29.2. The topological polar surface area (TPSA) is 90.9 Å². The number of amides is 2. The Balaban J connectivity index is 0.00000645. The number of carbonyl (C=O) groups excluding carboxylic acids is 2. The first-order valence-electron chi connectivity index (χ1n) is 16.0. The maximum absolute atomic E-state index is 13.1. The van der Waals surface area contributed by atoms with Crippen molar-refractivity contribution in [1.82, 2.24) is 10.2 Å². The van der Waals surface area contributed by atoms with E-state index in [9.17, 15) is 14.7 Å². The van der Waals surface area contributed by atoms with E-state index in [0.717, 1.165) is 43.4 Å². The van der Waals surface area contributed by atoms with Gasteiger partial charge in [-0.05, 0) is 67.5 Å². The number of carbonyl (C=O) groups is 2. The van der Waals surface area contributed by atoms with E-state index >= 15 is 0 Å². The maximum atomic E-state index is 13.1. The van der Waals surface area contributed by atoms with Crippen LogP contribution in [0.4, 0.5) is 4.79 Å². The zero-order chi connectivity index (χ0) is 30.4. The van der Waals surface area contributed by atoms with Gasteiger partial charge < -0.3 is 29.6 Å². The largest absolute Gasteiger partial charge is 1.00 e. The van der Waals surface area contributed by atoms with Crippen LogP contribution in [0.5, 0.6) is 11.5 Å². The van der Waals surface area contributed by atoms with Gasteiger partial charge in [0.05, 0.1) is 12.5 Å². The fourth-order valence-electron chi connectivity index (χ4n) is 5.43. The van der Waals surface area contributed by atoms with Gasteiger partial charge in [0.25, 0.3) is 0 Å². The van der Waals surface area contributed by atoms with Crippen molar-refractivity contribution in [2.45, 2.75) is 116 Å². The molecule has 2 amide bonds. The van der Waals surface area contributed by atoms with Crippen LogP contribution < -0.4 is 49.5 Å². The molecule has 1 fully saturated rings. The van der Waals surface area contributed by atoms with Crippen LogP contribution in [0.25, 0.3) is 0 Å². The third-order valence-corrected chi connectivity index (χ3v) is 8.17. The quantitative estimate of drug-likeness (QED) is 0.221. The molecule has 0 aromatic heterocycles. The number of nitrogens with zero attached hydrogens (tertiary/aromatic N) is 1. The number of ether oxygens (including phenoxy) is 2. The van der Waals surface area contributed by atoms with E-state index in [4.69, 9.17) is 9.47 Å². The van der Waals surface area contributed by atoms with E-state index in [0.29, 0.717) is 30.6 Å². The van der Waals surface area contributed by atoms with Crippen LogP contribution in [0.1, 0.15) is 109 Å². The van der Waals surface area contributed by atoms with Gasteiger partial charge in [0, 0.05) is 19.0 Å². The normalized spacial score (nSPS) is 14.8. The second kappa shape index (κ2) is 19.2. The first kappa shape index (κ1) is 37.0. The van der Waals surface area contributed by atoms with Gasteiger partial charge in [-0.3, -0.25) is 0 Å². The number of aliphatic carboxylic acids is 1. The van der Waals surface area contributed by atoms with Gasteiger partial charge in [0.2, 0.25) is 0 Å². The fourth-order valence-corrected chi connectivity index (χ4v) is 5.43. The molecule has 0 heterocycles. The molecule has 43 heavy (non-hydrogen) atoms. The molecule has 1 saturated carbocycles. The molecule has 2 aromatic rings. The summed E-state index contributed by atoms with van der Waals surface area (Å²) in [6.07, 6.45) is 11.6. The standard InChI is InChI=1S/C35H52N2O5.Na/c1-5-6-7-8-12-23-37(34(40)36-30-13-10-9-11-14-30)24-25-41-31-19-15-28(16-20-31)26-35(4,33(38)39)42-32-21-17-29(18-22-32)27(2)3;/h15-22,27,30H,5-14,23-26H2,1-4H3,(H,36,40)(H,38,39);/q;+1/p-1. The zero-order valence-electron chi connectivity index (χ0n) is 27.2. The summed E-state index contributed by atoms with van der Waals surface area (Å²) in [7, 11) is 0. The molecule has 8 heteroatoms. The SMILES string of the molecule is CCCCCCCN(CCOc1ccc(CC(C)(Oc2ccc(C(C)C)cc2)C(=O)[O-])cc1)C(=O)NC1CCCCC1.[Na+]. The summed E-state index contributed by atoms with van der Waals surface area (Å²) < 4.78 is 11.9.